The zero-order valence-electron chi connectivity index (χ0n) is 11.8. The van der Waals surface area contributed by atoms with E-state index >= 15 is 0 Å². The van der Waals surface area contributed by atoms with Crippen molar-refractivity contribution in [3.05, 3.63) is 41.2 Å². The fraction of sp³-hybridized carbons (Fsp3) is 0.400. The number of hydrogen-bond donors (Lipinski definition) is 1. The maximum atomic E-state index is 6.04. The highest BCUT2D eigenvalue weighted by molar-refractivity contribution is 7.98. The Morgan fingerprint density at radius 2 is 2.05 bits per heavy atom. The van der Waals surface area contributed by atoms with Crippen molar-refractivity contribution < 1.29 is 0 Å². The molecule has 1 aromatic carbocycles. The van der Waals surface area contributed by atoms with Crippen LogP contribution in [0.15, 0.2) is 29.2 Å². The molecule has 0 amide bonds. The lowest BCUT2D eigenvalue weighted by Crippen LogP contribution is -2.01. The van der Waals surface area contributed by atoms with E-state index in [1.165, 1.54) is 11.3 Å². The Bertz CT molecular complexity index is 561. The number of anilines is 1. The number of benzene rings is 1. The highest BCUT2D eigenvalue weighted by Gasteiger charge is 2.07. The molecule has 0 saturated heterocycles. The molecule has 4 heteroatoms. The minimum atomic E-state index is 0.864. The molecular weight excluding hydrogens is 254 g/mol. The van der Waals surface area contributed by atoms with Gasteiger partial charge in [-0.15, -0.1) is 11.8 Å². The van der Waals surface area contributed by atoms with Crippen LogP contribution in [0.25, 0.3) is 0 Å². The van der Waals surface area contributed by atoms with Gasteiger partial charge in [0.1, 0.15) is 0 Å². The standard InChI is InChI=1S/C15H21N3S/c1-4-12-9-13(18(5-2)17-12)10-19-15-7-6-11(3)8-14(15)16/h6-9H,4-5,10,16H2,1-3H3. The molecule has 0 bridgehead atoms. The summed E-state index contributed by atoms with van der Waals surface area (Å²) in [5, 5.41) is 4.57. The molecule has 102 valence electrons. The number of nitrogens with two attached hydrogens (primary N) is 1. The molecule has 0 unspecified atom stereocenters. The van der Waals surface area contributed by atoms with E-state index in [-0.39, 0.29) is 0 Å². The van der Waals surface area contributed by atoms with E-state index in [2.05, 4.69) is 48.8 Å². The van der Waals surface area contributed by atoms with Crippen molar-refractivity contribution in [2.75, 3.05) is 5.73 Å². The van der Waals surface area contributed by atoms with Crippen LogP contribution in [0.3, 0.4) is 0 Å². The Morgan fingerprint density at radius 3 is 2.68 bits per heavy atom. The first-order valence-electron chi connectivity index (χ1n) is 6.68. The summed E-state index contributed by atoms with van der Waals surface area (Å²) < 4.78 is 2.08. The van der Waals surface area contributed by atoms with Gasteiger partial charge in [0.05, 0.1) is 5.69 Å². The van der Waals surface area contributed by atoms with Gasteiger partial charge < -0.3 is 5.73 Å². The summed E-state index contributed by atoms with van der Waals surface area (Å²) in [5.41, 5.74) is 10.5. The molecule has 19 heavy (non-hydrogen) atoms. The fourth-order valence-electron chi connectivity index (χ4n) is 2.03. The first kappa shape index (κ1) is 14.0. The van der Waals surface area contributed by atoms with E-state index in [0.29, 0.717) is 0 Å². The van der Waals surface area contributed by atoms with E-state index in [9.17, 15) is 0 Å². The third kappa shape index (κ3) is 3.32. The van der Waals surface area contributed by atoms with Crippen LogP contribution in [0.2, 0.25) is 0 Å². The number of thioether (sulfide) groups is 1. The summed E-state index contributed by atoms with van der Waals surface area (Å²) in [4.78, 5) is 1.15. The van der Waals surface area contributed by atoms with Gasteiger partial charge in [0, 0.05) is 28.6 Å². The number of rotatable bonds is 5. The maximum Gasteiger partial charge on any atom is 0.0625 e. The van der Waals surface area contributed by atoms with Crippen molar-refractivity contribution in [3.63, 3.8) is 0 Å². The molecule has 2 aromatic rings. The van der Waals surface area contributed by atoms with Gasteiger partial charge in [0.25, 0.3) is 0 Å². The van der Waals surface area contributed by atoms with Crippen molar-refractivity contribution in [2.24, 2.45) is 0 Å². The van der Waals surface area contributed by atoms with E-state index in [1.54, 1.807) is 11.8 Å². The van der Waals surface area contributed by atoms with Gasteiger partial charge in [-0.25, -0.2) is 0 Å². The van der Waals surface area contributed by atoms with Crippen molar-refractivity contribution in [2.45, 2.75) is 44.4 Å². The lowest BCUT2D eigenvalue weighted by Gasteiger charge is -2.07. The highest BCUT2D eigenvalue weighted by Crippen LogP contribution is 2.29. The maximum absolute atomic E-state index is 6.04. The van der Waals surface area contributed by atoms with E-state index < -0.39 is 0 Å². The Morgan fingerprint density at radius 1 is 1.26 bits per heavy atom. The molecule has 0 atom stereocenters. The first-order valence-corrected chi connectivity index (χ1v) is 7.67. The van der Waals surface area contributed by atoms with E-state index in [4.69, 9.17) is 5.73 Å². The smallest absolute Gasteiger partial charge is 0.0625 e. The van der Waals surface area contributed by atoms with Gasteiger partial charge in [-0.3, -0.25) is 4.68 Å². The normalized spacial score (nSPS) is 10.9. The van der Waals surface area contributed by atoms with E-state index in [1.807, 2.05) is 6.07 Å². The zero-order chi connectivity index (χ0) is 13.8. The Balaban J connectivity index is 2.11. The van der Waals surface area contributed by atoms with Crippen LogP contribution in [0.1, 0.15) is 30.8 Å². The van der Waals surface area contributed by atoms with Crippen LogP contribution in [0.4, 0.5) is 5.69 Å². The quantitative estimate of drug-likeness (QED) is 0.669. The molecule has 2 N–H and O–H groups in total. The molecule has 0 spiro atoms. The Kier molecular flexibility index (Phi) is 4.53. The van der Waals surface area contributed by atoms with Gasteiger partial charge in [-0.1, -0.05) is 13.0 Å². The fourth-order valence-corrected chi connectivity index (χ4v) is 2.95. The molecule has 2 rings (SSSR count). The van der Waals surface area contributed by atoms with Gasteiger partial charge in [-0.2, -0.15) is 5.10 Å². The van der Waals surface area contributed by atoms with Crippen LogP contribution in [0, 0.1) is 6.92 Å². The third-order valence-electron chi connectivity index (χ3n) is 3.12. The summed E-state index contributed by atoms with van der Waals surface area (Å²) in [6.07, 6.45) is 0.983. The second-order valence-electron chi connectivity index (χ2n) is 4.63. The predicted octanol–water partition coefficient (Wildman–Crippen LogP) is 3.65. The number of aromatic nitrogens is 2. The Labute approximate surface area is 119 Å². The van der Waals surface area contributed by atoms with Gasteiger partial charge in [-0.05, 0) is 44.0 Å². The summed E-state index contributed by atoms with van der Waals surface area (Å²) >= 11 is 1.78. The van der Waals surface area contributed by atoms with Crippen molar-refractivity contribution in [3.8, 4) is 0 Å². The van der Waals surface area contributed by atoms with Crippen LogP contribution in [-0.4, -0.2) is 9.78 Å². The molecule has 0 saturated carbocycles. The SMILES string of the molecule is CCc1cc(CSc2ccc(C)cc2N)n(CC)n1. The van der Waals surface area contributed by atoms with Crippen molar-refractivity contribution >= 4 is 17.4 Å². The number of hydrogen-bond acceptors (Lipinski definition) is 3. The minimum absolute atomic E-state index is 0.864. The summed E-state index contributed by atoms with van der Waals surface area (Å²) in [7, 11) is 0. The topological polar surface area (TPSA) is 43.8 Å². The first-order chi connectivity index (χ1) is 9.13. The number of nitrogens with zero attached hydrogens (tertiary/aromatic N) is 2. The second-order valence-corrected chi connectivity index (χ2v) is 5.64. The minimum Gasteiger partial charge on any atom is -0.398 e. The van der Waals surface area contributed by atoms with Crippen LogP contribution in [0.5, 0.6) is 0 Å². The van der Waals surface area contributed by atoms with Crippen LogP contribution in [-0.2, 0) is 18.7 Å². The average Bonchev–Trinajstić information content (AvgIpc) is 2.80. The molecule has 1 heterocycles. The second kappa shape index (κ2) is 6.15. The lowest BCUT2D eigenvalue weighted by molar-refractivity contribution is 0.628. The molecule has 0 aliphatic carbocycles. The van der Waals surface area contributed by atoms with Crippen molar-refractivity contribution in [1.82, 2.24) is 9.78 Å². The number of nitrogen functional groups attached to an aromatic ring is 1. The third-order valence-corrected chi connectivity index (χ3v) is 4.24. The molecule has 3 nitrogen and oxygen atoms in total. The predicted molar refractivity (Wildman–Crippen MR) is 82.4 cm³/mol. The van der Waals surface area contributed by atoms with Gasteiger partial charge in [0.15, 0.2) is 0 Å². The largest absolute Gasteiger partial charge is 0.398 e. The average molecular weight is 275 g/mol. The molecule has 0 aliphatic rings. The Hall–Kier alpha value is -1.42. The van der Waals surface area contributed by atoms with Crippen molar-refractivity contribution in [1.29, 1.82) is 0 Å². The zero-order valence-corrected chi connectivity index (χ0v) is 12.6. The molecular formula is C15H21N3S. The van der Waals surface area contributed by atoms with Crippen LogP contribution >= 0.6 is 11.8 Å². The summed E-state index contributed by atoms with van der Waals surface area (Å²) in [6.45, 7) is 7.24. The van der Waals surface area contributed by atoms with Crippen LogP contribution < -0.4 is 5.73 Å². The molecule has 0 radical (unpaired) electrons. The van der Waals surface area contributed by atoms with Gasteiger partial charge in [0.2, 0.25) is 0 Å². The number of aryl methyl sites for hydroxylation is 3. The monoisotopic (exact) mass is 275 g/mol. The lowest BCUT2D eigenvalue weighted by atomic mass is 10.2. The van der Waals surface area contributed by atoms with Gasteiger partial charge >= 0.3 is 0 Å². The summed E-state index contributed by atoms with van der Waals surface area (Å²) in [6, 6.07) is 8.42. The molecule has 1 aromatic heterocycles. The molecule has 0 aliphatic heterocycles. The molecule has 0 fully saturated rings. The summed E-state index contributed by atoms with van der Waals surface area (Å²) in [5.74, 6) is 0.911. The van der Waals surface area contributed by atoms with E-state index in [0.717, 1.165) is 35.0 Å². The highest BCUT2D eigenvalue weighted by atomic mass is 32.2.